The molecule has 128 valence electrons. The van der Waals surface area contributed by atoms with Gasteiger partial charge >= 0.3 is 5.97 Å². The Labute approximate surface area is 142 Å². The molecule has 1 saturated heterocycles. The quantitative estimate of drug-likeness (QED) is 0.799. The van der Waals surface area contributed by atoms with Gasteiger partial charge in [0, 0.05) is 25.7 Å². The number of benzene rings is 2. The highest BCUT2D eigenvalue weighted by Crippen LogP contribution is 2.12. The van der Waals surface area contributed by atoms with Crippen molar-refractivity contribution in [3.05, 3.63) is 71.8 Å². The number of carboxylic acids is 1. The van der Waals surface area contributed by atoms with Crippen LogP contribution in [0.4, 0.5) is 0 Å². The SMILES string of the molecule is N[C@@H]1CCN(Cc2ccccc2)C1.O=C(O)[C@@H](O)c1ccccc1. The fourth-order valence-electron chi connectivity index (χ4n) is 2.63. The normalized spacial score (nSPS) is 18.5. The monoisotopic (exact) mass is 328 g/mol. The molecule has 0 aliphatic carbocycles. The number of carbonyl (C=O) groups is 1. The van der Waals surface area contributed by atoms with Crippen LogP contribution in [0, 0.1) is 0 Å². The average Bonchev–Trinajstić information content (AvgIpc) is 3.01. The number of hydrogen-bond acceptors (Lipinski definition) is 4. The third-order valence-electron chi connectivity index (χ3n) is 3.91. The number of nitrogens with two attached hydrogens (primary N) is 1. The van der Waals surface area contributed by atoms with E-state index in [0.717, 1.165) is 26.1 Å². The fourth-order valence-corrected chi connectivity index (χ4v) is 2.63. The smallest absolute Gasteiger partial charge is 0.337 e. The van der Waals surface area contributed by atoms with Crippen LogP contribution >= 0.6 is 0 Å². The first-order valence-corrected chi connectivity index (χ1v) is 8.04. The summed E-state index contributed by atoms with van der Waals surface area (Å²) in [7, 11) is 0. The molecule has 0 unspecified atom stereocenters. The molecule has 1 aliphatic rings. The van der Waals surface area contributed by atoms with Crippen molar-refractivity contribution in [2.75, 3.05) is 13.1 Å². The third-order valence-corrected chi connectivity index (χ3v) is 3.91. The molecule has 2 aromatic carbocycles. The van der Waals surface area contributed by atoms with E-state index in [1.165, 1.54) is 5.56 Å². The minimum absolute atomic E-state index is 0.392. The van der Waals surface area contributed by atoms with Gasteiger partial charge < -0.3 is 15.9 Å². The van der Waals surface area contributed by atoms with Gasteiger partial charge in [0.2, 0.25) is 0 Å². The molecule has 2 atom stereocenters. The van der Waals surface area contributed by atoms with Crippen LogP contribution in [-0.2, 0) is 11.3 Å². The van der Waals surface area contributed by atoms with E-state index < -0.39 is 12.1 Å². The number of carboxylic acid groups (broad SMARTS) is 1. The van der Waals surface area contributed by atoms with Crippen LogP contribution < -0.4 is 5.73 Å². The maximum atomic E-state index is 10.2. The van der Waals surface area contributed by atoms with Crippen LogP contribution in [0.1, 0.15) is 23.7 Å². The summed E-state index contributed by atoms with van der Waals surface area (Å²) in [6.45, 7) is 3.25. The lowest BCUT2D eigenvalue weighted by atomic mass is 10.1. The highest BCUT2D eigenvalue weighted by Gasteiger charge is 2.18. The van der Waals surface area contributed by atoms with Crippen LogP contribution in [-0.4, -0.2) is 40.2 Å². The first kappa shape index (κ1) is 18.1. The van der Waals surface area contributed by atoms with E-state index in [9.17, 15) is 4.79 Å². The predicted molar refractivity (Wildman–Crippen MR) is 93.3 cm³/mol. The second-order valence-corrected chi connectivity index (χ2v) is 5.92. The van der Waals surface area contributed by atoms with E-state index in [0.29, 0.717) is 11.6 Å². The summed E-state index contributed by atoms with van der Waals surface area (Å²) in [5.74, 6) is -1.23. The maximum Gasteiger partial charge on any atom is 0.337 e. The molecule has 24 heavy (non-hydrogen) atoms. The molecule has 0 amide bonds. The Morgan fingerprint density at radius 2 is 1.71 bits per heavy atom. The molecule has 3 rings (SSSR count). The molecular weight excluding hydrogens is 304 g/mol. The first-order chi connectivity index (χ1) is 11.6. The van der Waals surface area contributed by atoms with Crippen molar-refractivity contribution in [3.8, 4) is 0 Å². The van der Waals surface area contributed by atoms with E-state index in [-0.39, 0.29) is 0 Å². The van der Waals surface area contributed by atoms with Gasteiger partial charge in [0.1, 0.15) is 0 Å². The van der Waals surface area contributed by atoms with Gasteiger partial charge in [0.15, 0.2) is 6.10 Å². The minimum atomic E-state index is -1.41. The summed E-state index contributed by atoms with van der Waals surface area (Å²) in [6.07, 6.45) is -0.261. The average molecular weight is 328 g/mol. The molecule has 1 aliphatic heterocycles. The third kappa shape index (κ3) is 5.77. The molecule has 5 heteroatoms. The summed E-state index contributed by atoms with van der Waals surface area (Å²) in [5, 5.41) is 17.4. The van der Waals surface area contributed by atoms with Gasteiger partial charge in [-0.1, -0.05) is 60.7 Å². The Kier molecular flexibility index (Phi) is 6.93. The van der Waals surface area contributed by atoms with Gasteiger partial charge in [-0.15, -0.1) is 0 Å². The zero-order chi connectivity index (χ0) is 17.4. The summed E-state index contributed by atoms with van der Waals surface area (Å²) in [5.41, 5.74) is 7.63. The van der Waals surface area contributed by atoms with E-state index in [1.807, 2.05) is 0 Å². The van der Waals surface area contributed by atoms with E-state index >= 15 is 0 Å². The van der Waals surface area contributed by atoms with Gasteiger partial charge in [0.25, 0.3) is 0 Å². The van der Waals surface area contributed by atoms with Gasteiger partial charge in [-0.25, -0.2) is 4.79 Å². The predicted octanol–water partition coefficient (Wildman–Crippen LogP) is 2.02. The van der Waals surface area contributed by atoms with Crippen LogP contribution in [0.25, 0.3) is 0 Å². The molecule has 0 bridgehead atoms. The summed E-state index contributed by atoms with van der Waals surface area (Å²) >= 11 is 0. The molecule has 1 fully saturated rings. The van der Waals surface area contributed by atoms with Crippen molar-refractivity contribution in [2.45, 2.75) is 25.1 Å². The Morgan fingerprint density at radius 3 is 2.21 bits per heavy atom. The van der Waals surface area contributed by atoms with Crippen molar-refractivity contribution in [1.29, 1.82) is 0 Å². The Bertz CT molecular complexity index is 619. The largest absolute Gasteiger partial charge is 0.479 e. The summed E-state index contributed by atoms with van der Waals surface area (Å²) in [6, 6.07) is 19.2. The second kappa shape index (κ2) is 9.17. The summed E-state index contributed by atoms with van der Waals surface area (Å²) < 4.78 is 0. The van der Waals surface area contributed by atoms with Crippen molar-refractivity contribution in [2.24, 2.45) is 5.73 Å². The van der Waals surface area contributed by atoms with E-state index in [4.69, 9.17) is 15.9 Å². The highest BCUT2D eigenvalue weighted by molar-refractivity contribution is 5.73. The van der Waals surface area contributed by atoms with Crippen LogP contribution in [0.5, 0.6) is 0 Å². The molecule has 0 aromatic heterocycles. The van der Waals surface area contributed by atoms with Crippen LogP contribution in [0.3, 0.4) is 0 Å². The second-order valence-electron chi connectivity index (χ2n) is 5.92. The van der Waals surface area contributed by atoms with Gasteiger partial charge in [0.05, 0.1) is 0 Å². The number of likely N-dealkylation sites (tertiary alicyclic amines) is 1. The zero-order valence-electron chi connectivity index (χ0n) is 13.6. The van der Waals surface area contributed by atoms with E-state index in [1.54, 1.807) is 30.3 Å². The number of aliphatic carboxylic acids is 1. The van der Waals surface area contributed by atoms with Gasteiger partial charge in [-0.05, 0) is 17.5 Å². The molecule has 1 heterocycles. The Hall–Kier alpha value is -2.21. The number of aliphatic hydroxyl groups excluding tert-OH is 1. The lowest BCUT2D eigenvalue weighted by molar-refractivity contribution is -0.146. The number of rotatable bonds is 4. The molecule has 0 saturated carbocycles. The van der Waals surface area contributed by atoms with Crippen molar-refractivity contribution in [3.63, 3.8) is 0 Å². The van der Waals surface area contributed by atoms with Gasteiger partial charge in [-0.2, -0.15) is 0 Å². The molecule has 0 radical (unpaired) electrons. The molecule has 4 N–H and O–H groups in total. The lowest BCUT2D eigenvalue weighted by Gasteiger charge is -2.14. The van der Waals surface area contributed by atoms with Crippen molar-refractivity contribution in [1.82, 2.24) is 4.90 Å². The topological polar surface area (TPSA) is 86.8 Å². The van der Waals surface area contributed by atoms with Crippen molar-refractivity contribution >= 4 is 5.97 Å². The maximum absolute atomic E-state index is 10.2. The number of nitrogens with zero attached hydrogens (tertiary/aromatic N) is 1. The Morgan fingerprint density at radius 1 is 1.12 bits per heavy atom. The Balaban J connectivity index is 0.000000177. The zero-order valence-corrected chi connectivity index (χ0v) is 13.6. The van der Waals surface area contributed by atoms with Crippen LogP contribution in [0.2, 0.25) is 0 Å². The highest BCUT2D eigenvalue weighted by atomic mass is 16.4. The minimum Gasteiger partial charge on any atom is -0.479 e. The fraction of sp³-hybridized carbons (Fsp3) is 0.316. The molecular formula is C19H24N2O3. The number of hydrogen-bond donors (Lipinski definition) is 3. The molecule has 5 nitrogen and oxygen atoms in total. The summed E-state index contributed by atoms with van der Waals surface area (Å²) in [4.78, 5) is 12.7. The molecule has 0 spiro atoms. The van der Waals surface area contributed by atoms with Crippen molar-refractivity contribution < 1.29 is 15.0 Å². The first-order valence-electron chi connectivity index (χ1n) is 8.04. The molecule has 2 aromatic rings. The number of aliphatic hydroxyl groups is 1. The lowest BCUT2D eigenvalue weighted by Crippen LogP contribution is -2.26. The van der Waals surface area contributed by atoms with Gasteiger partial charge in [-0.3, -0.25) is 4.90 Å². The van der Waals surface area contributed by atoms with Crippen LogP contribution in [0.15, 0.2) is 60.7 Å². The van der Waals surface area contributed by atoms with E-state index in [2.05, 4.69) is 35.2 Å². The standard InChI is InChI=1S/C11H16N2.C8H8O3/c12-11-6-7-13(9-11)8-10-4-2-1-3-5-10;9-7(8(10)11)6-4-2-1-3-5-6/h1-5,11H,6-9,12H2;1-5,7,9H,(H,10,11)/t11-;7-/m10/s1.